The average molecular weight is 341 g/mol. The molecule has 1 aromatic heterocycles. The van der Waals surface area contributed by atoms with Gasteiger partial charge < -0.3 is 15.4 Å². The van der Waals surface area contributed by atoms with Crippen LogP contribution in [0.25, 0.3) is 0 Å². The van der Waals surface area contributed by atoms with E-state index in [2.05, 4.69) is 15.6 Å². The maximum Gasteiger partial charge on any atom is 0.413 e. The summed E-state index contributed by atoms with van der Waals surface area (Å²) in [6.45, 7) is 4.34. The van der Waals surface area contributed by atoms with E-state index in [-0.39, 0.29) is 11.8 Å². The Hall–Kier alpha value is -2.89. The van der Waals surface area contributed by atoms with Gasteiger partial charge in [0.1, 0.15) is 11.8 Å². The van der Waals surface area contributed by atoms with E-state index >= 15 is 0 Å². The van der Waals surface area contributed by atoms with Gasteiger partial charge in [0.05, 0.1) is 0 Å². The number of pyridine rings is 1. The Labute approximate surface area is 147 Å². The van der Waals surface area contributed by atoms with E-state index < -0.39 is 12.1 Å². The molecular formula is C19H23N3O3. The molecule has 6 nitrogen and oxygen atoms in total. The first kappa shape index (κ1) is 18.4. The van der Waals surface area contributed by atoms with Crippen LogP contribution in [0.4, 0.5) is 4.79 Å². The van der Waals surface area contributed by atoms with E-state index in [0.717, 1.165) is 5.56 Å². The van der Waals surface area contributed by atoms with E-state index in [1.54, 1.807) is 36.7 Å². The van der Waals surface area contributed by atoms with Crippen molar-refractivity contribution >= 4 is 12.0 Å². The molecule has 25 heavy (non-hydrogen) atoms. The highest BCUT2D eigenvalue weighted by Gasteiger charge is 2.22. The number of carbonyl (C=O) groups is 2. The molecule has 0 saturated carbocycles. The maximum absolute atomic E-state index is 12.4. The van der Waals surface area contributed by atoms with E-state index in [9.17, 15) is 9.59 Å². The molecule has 0 fully saturated rings. The fourth-order valence-corrected chi connectivity index (χ4v) is 2.29. The number of rotatable bonds is 7. The number of hydrogen-bond donors (Lipinski definition) is 2. The Morgan fingerprint density at radius 1 is 1.12 bits per heavy atom. The van der Waals surface area contributed by atoms with Gasteiger partial charge in [-0.2, -0.15) is 0 Å². The molecule has 0 aliphatic carbocycles. The minimum absolute atomic E-state index is 0.242. The second kappa shape index (κ2) is 9.42. The lowest BCUT2D eigenvalue weighted by Crippen LogP contribution is -2.48. The molecule has 2 amide bonds. The summed E-state index contributed by atoms with van der Waals surface area (Å²) in [7, 11) is 0. The third-order valence-electron chi connectivity index (χ3n) is 3.46. The molecular weight excluding hydrogens is 318 g/mol. The van der Waals surface area contributed by atoms with Gasteiger partial charge in [-0.05, 0) is 36.1 Å². The molecule has 6 heteroatoms. The van der Waals surface area contributed by atoms with E-state index in [1.807, 2.05) is 32.0 Å². The minimum Gasteiger partial charge on any atom is -0.410 e. The molecule has 1 aromatic carbocycles. The molecule has 0 saturated heterocycles. The number of nitrogens with one attached hydrogen (secondary N) is 2. The predicted molar refractivity (Wildman–Crippen MR) is 94.9 cm³/mol. The van der Waals surface area contributed by atoms with Crippen molar-refractivity contribution in [2.24, 2.45) is 5.92 Å². The van der Waals surface area contributed by atoms with Gasteiger partial charge in [-0.15, -0.1) is 0 Å². The molecule has 0 aliphatic rings. The molecule has 0 spiro atoms. The second-order valence-corrected chi connectivity index (χ2v) is 6.11. The Bertz CT molecular complexity index is 675. The summed E-state index contributed by atoms with van der Waals surface area (Å²) in [6, 6.07) is 11.8. The lowest BCUT2D eigenvalue weighted by atomic mass is 10.0. The molecule has 0 aliphatic heterocycles. The molecule has 2 N–H and O–H groups in total. The third kappa shape index (κ3) is 6.63. The van der Waals surface area contributed by atoms with Crippen LogP contribution in [0.15, 0.2) is 54.9 Å². The topological polar surface area (TPSA) is 80.3 Å². The van der Waals surface area contributed by atoms with E-state index in [1.165, 1.54) is 0 Å². The Balaban J connectivity index is 1.92. The van der Waals surface area contributed by atoms with Gasteiger partial charge in [0, 0.05) is 18.9 Å². The van der Waals surface area contributed by atoms with Crippen LogP contribution in [0, 0.1) is 5.92 Å². The number of para-hydroxylation sites is 1. The van der Waals surface area contributed by atoms with Crippen LogP contribution in [-0.4, -0.2) is 23.0 Å². The predicted octanol–water partition coefficient (Wildman–Crippen LogP) is 2.90. The van der Waals surface area contributed by atoms with Crippen molar-refractivity contribution in [2.75, 3.05) is 0 Å². The summed E-state index contributed by atoms with van der Waals surface area (Å²) in [4.78, 5) is 28.5. The number of carbonyl (C=O) groups excluding carboxylic acids is 2. The Kier molecular flexibility index (Phi) is 6.95. The summed E-state index contributed by atoms with van der Waals surface area (Å²) < 4.78 is 5.20. The van der Waals surface area contributed by atoms with E-state index in [4.69, 9.17) is 4.74 Å². The Morgan fingerprint density at radius 3 is 2.52 bits per heavy atom. The SMILES string of the molecule is CC(C)C[C@@H](NC(=O)Oc1ccccc1)C(=O)NCc1cccnc1. The zero-order valence-electron chi connectivity index (χ0n) is 14.4. The largest absolute Gasteiger partial charge is 0.413 e. The monoisotopic (exact) mass is 341 g/mol. The normalized spacial score (nSPS) is 11.6. The highest BCUT2D eigenvalue weighted by atomic mass is 16.6. The molecule has 2 rings (SSSR count). The highest BCUT2D eigenvalue weighted by molar-refractivity contribution is 5.86. The van der Waals surface area contributed by atoms with Gasteiger partial charge in [0.2, 0.25) is 5.91 Å². The van der Waals surface area contributed by atoms with Crippen LogP contribution in [0.5, 0.6) is 5.75 Å². The van der Waals surface area contributed by atoms with Gasteiger partial charge >= 0.3 is 6.09 Å². The first-order valence-corrected chi connectivity index (χ1v) is 8.24. The van der Waals surface area contributed by atoms with Crippen molar-refractivity contribution in [3.63, 3.8) is 0 Å². The van der Waals surface area contributed by atoms with Gasteiger partial charge in [-0.3, -0.25) is 9.78 Å². The second-order valence-electron chi connectivity index (χ2n) is 6.11. The highest BCUT2D eigenvalue weighted by Crippen LogP contribution is 2.10. The number of hydrogen-bond acceptors (Lipinski definition) is 4. The van der Waals surface area contributed by atoms with Crippen LogP contribution in [0.2, 0.25) is 0 Å². The first-order valence-electron chi connectivity index (χ1n) is 8.24. The number of benzene rings is 1. The van der Waals surface area contributed by atoms with Gasteiger partial charge in [0.15, 0.2) is 0 Å². The van der Waals surface area contributed by atoms with Crippen molar-refractivity contribution in [1.29, 1.82) is 0 Å². The fourth-order valence-electron chi connectivity index (χ4n) is 2.29. The summed E-state index contributed by atoms with van der Waals surface area (Å²) in [5.41, 5.74) is 0.894. The van der Waals surface area contributed by atoms with Crippen LogP contribution >= 0.6 is 0 Å². The van der Waals surface area contributed by atoms with Gasteiger partial charge in [0.25, 0.3) is 0 Å². The van der Waals surface area contributed by atoms with Crippen molar-refractivity contribution in [2.45, 2.75) is 32.9 Å². The standard InChI is InChI=1S/C19H23N3O3/c1-14(2)11-17(18(23)21-13-15-7-6-10-20-12-15)22-19(24)25-16-8-4-3-5-9-16/h3-10,12,14,17H,11,13H2,1-2H3,(H,21,23)(H,22,24)/t17-/m1/s1. The molecule has 1 heterocycles. The molecule has 0 unspecified atom stereocenters. The number of ether oxygens (including phenoxy) is 1. The van der Waals surface area contributed by atoms with Crippen LogP contribution < -0.4 is 15.4 Å². The summed E-state index contributed by atoms with van der Waals surface area (Å²) in [5, 5.41) is 5.47. The lowest BCUT2D eigenvalue weighted by Gasteiger charge is -2.20. The van der Waals surface area contributed by atoms with Gasteiger partial charge in [-0.1, -0.05) is 38.1 Å². The molecule has 2 aromatic rings. The summed E-state index contributed by atoms with van der Waals surface area (Å²) in [5.74, 6) is 0.424. The van der Waals surface area contributed by atoms with Crippen LogP contribution in [0.3, 0.4) is 0 Å². The molecule has 0 radical (unpaired) electrons. The van der Waals surface area contributed by atoms with Crippen LogP contribution in [-0.2, 0) is 11.3 Å². The Morgan fingerprint density at radius 2 is 1.88 bits per heavy atom. The average Bonchev–Trinajstić information content (AvgIpc) is 2.60. The maximum atomic E-state index is 12.4. The molecule has 132 valence electrons. The van der Waals surface area contributed by atoms with Gasteiger partial charge in [-0.25, -0.2) is 4.79 Å². The van der Waals surface area contributed by atoms with Crippen LogP contribution in [0.1, 0.15) is 25.8 Å². The molecule has 1 atom stereocenters. The smallest absolute Gasteiger partial charge is 0.410 e. The summed E-state index contributed by atoms with van der Waals surface area (Å²) >= 11 is 0. The van der Waals surface area contributed by atoms with Crippen molar-refractivity contribution in [3.8, 4) is 5.75 Å². The third-order valence-corrected chi connectivity index (χ3v) is 3.46. The first-order chi connectivity index (χ1) is 12.0. The minimum atomic E-state index is -0.659. The van der Waals surface area contributed by atoms with E-state index in [0.29, 0.717) is 18.7 Å². The number of amides is 2. The zero-order valence-corrected chi connectivity index (χ0v) is 14.4. The lowest BCUT2D eigenvalue weighted by molar-refractivity contribution is -0.123. The van der Waals surface area contributed by atoms with Crippen molar-refractivity contribution < 1.29 is 14.3 Å². The fraction of sp³-hybridized carbons (Fsp3) is 0.316. The number of aromatic nitrogens is 1. The quantitative estimate of drug-likeness (QED) is 0.811. The molecule has 0 bridgehead atoms. The van der Waals surface area contributed by atoms with Crippen molar-refractivity contribution in [3.05, 3.63) is 60.4 Å². The number of nitrogens with zero attached hydrogens (tertiary/aromatic N) is 1. The zero-order chi connectivity index (χ0) is 18.1. The van der Waals surface area contributed by atoms with Crippen molar-refractivity contribution in [1.82, 2.24) is 15.6 Å². The summed E-state index contributed by atoms with van der Waals surface area (Å²) in [6.07, 6.45) is 3.24.